The van der Waals surface area contributed by atoms with Crippen molar-refractivity contribution in [3.05, 3.63) is 28.7 Å². The van der Waals surface area contributed by atoms with Gasteiger partial charge in [-0.25, -0.2) is 0 Å². The first kappa shape index (κ1) is 13.7. The maximum atomic E-state index is 12.5. The van der Waals surface area contributed by atoms with Gasteiger partial charge in [0.25, 0.3) is 5.85 Å². The zero-order valence-corrected chi connectivity index (χ0v) is 13.4. The number of rotatable bonds is 1. The number of hydrogen-bond acceptors (Lipinski definition) is 4. The molecular formula is C14H16BrN3O2. The molecule has 1 aromatic rings. The number of benzene rings is 1. The highest BCUT2D eigenvalue weighted by Gasteiger charge is 2.72. The van der Waals surface area contributed by atoms with Crippen molar-refractivity contribution in [1.82, 2.24) is 0 Å². The van der Waals surface area contributed by atoms with Crippen molar-refractivity contribution in [1.29, 1.82) is 0 Å². The van der Waals surface area contributed by atoms with Crippen LogP contribution in [0.2, 0.25) is 0 Å². The average molecular weight is 338 g/mol. The first-order chi connectivity index (χ1) is 9.20. The molecule has 1 saturated heterocycles. The fourth-order valence-electron chi connectivity index (χ4n) is 2.59. The van der Waals surface area contributed by atoms with Crippen LogP contribution in [0, 0.1) is 5.41 Å². The molecular weight excluding hydrogens is 322 g/mol. The first-order valence-electron chi connectivity index (χ1n) is 6.44. The second-order valence-electron chi connectivity index (χ2n) is 6.10. The second-order valence-corrected chi connectivity index (χ2v) is 7.01. The van der Waals surface area contributed by atoms with Crippen LogP contribution in [0.15, 0.2) is 39.0 Å². The molecule has 3 rings (SSSR count). The Morgan fingerprint density at radius 1 is 1.10 bits per heavy atom. The summed E-state index contributed by atoms with van der Waals surface area (Å²) < 4.78 is 6.97. The van der Waals surface area contributed by atoms with E-state index in [1.807, 2.05) is 52.0 Å². The third-order valence-corrected chi connectivity index (χ3v) is 4.29. The second kappa shape index (κ2) is 3.89. The molecule has 0 N–H and O–H groups in total. The molecule has 1 fully saturated rings. The summed E-state index contributed by atoms with van der Waals surface area (Å²) in [4.78, 5) is 14.1. The summed E-state index contributed by atoms with van der Waals surface area (Å²) >= 11 is 3.39. The molecule has 1 amide bonds. The molecule has 20 heavy (non-hydrogen) atoms. The average Bonchev–Trinajstić information content (AvgIpc) is 2.71. The van der Waals surface area contributed by atoms with Crippen molar-refractivity contribution in [3.63, 3.8) is 0 Å². The van der Waals surface area contributed by atoms with E-state index in [1.54, 1.807) is 4.90 Å². The number of anilines is 1. The molecule has 0 bridgehead atoms. The molecule has 2 aliphatic heterocycles. The zero-order valence-electron chi connectivity index (χ0n) is 11.8. The van der Waals surface area contributed by atoms with E-state index in [9.17, 15) is 4.79 Å². The highest BCUT2D eigenvalue weighted by Crippen LogP contribution is 2.56. The van der Waals surface area contributed by atoms with E-state index >= 15 is 0 Å². The van der Waals surface area contributed by atoms with Crippen LogP contribution in [0.1, 0.15) is 27.7 Å². The van der Waals surface area contributed by atoms with Crippen molar-refractivity contribution in [2.24, 2.45) is 15.6 Å². The van der Waals surface area contributed by atoms with Crippen LogP contribution >= 0.6 is 15.9 Å². The quantitative estimate of drug-likeness (QED) is 0.733. The molecule has 1 atom stereocenters. The number of halogens is 1. The topological polar surface area (TPSA) is 54.3 Å². The fourth-order valence-corrected chi connectivity index (χ4v) is 2.85. The van der Waals surface area contributed by atoms with Crippen molar-refractivity contribution in [2.45, 2.75) is 39.3 Å². The van der Waals surface area contributed by atoms with Crippen molar-refractivity contribution >= 4 is 27.5 Å². The maximum Gasteiger partial charge on any atom is 0.280 e. The Hall–Kier alpha value is -1.27. The lowest BCUT2D eigenvalue weighted by molar-refractivity contribution is -0.202. The van der Waals surface area contributed by atoms with E-state index in [2.05, 4.69) is 26.2 Å². The minimum atomic E-state index is -1.04. The first-order valence-corrected chi connectivity index (χ1v) is 7.23. The maximum absolute atomic E-state index is 12.5. The van der Waals surface area contributed by atoms with Gasteiger partial charge in [0.1, 0.15) is 5.41 Å². The minimum absolute atomic E-state index is 0.0172. The molecule has 1 unspecified atom stereocenters. The normalized spacial score (nSPS) is 29.9. The van der Waals surface area contributed by atoms with E-state index < -0.39 is 17.0 Å². The standard InChI is InChI=1S/C14H16BrN3O2/c1-12(2)11(19)18(10-7-5-9(15)6-8-10)14(12)17-16-13(3,4)20-14/h5-8H,1-4H3. The predicted molar refractivity (Wildman–Crippen MR) is 78.2 cm³/mol. The number of ether oxygens (including phenoxy) is 1. The van der Waals surface area contributed by atoms with Crippen LogP contribution in [0.25, 0.3) is 0 Å². The largest absolute Gasteiger partial charge is 0.305 e. The molecule has 0 aliphatic carbocycles. The SMILES string of the molecule is CC1(C)N=NC2(O1)N(c1ccc(Br)cc1)C(=O)C2(C)C. The van der Waals surface area contributed by atoms with Gasteiger partial charge in [-0.05, 0) is 52.0 Å². The number of hydrogen-bond donors (Lipinski definition) is 0. The Morgan fingerprint density at radius 3 is 2.20 bits per heavy atom. The lowest BCUT2D eigenvalue weighted by Crippen LogP contribution is -2.76. The lowest BCUT2D eigenvalue weighted by atomic mass is 9.75. The van der Waals surface area contributed by atoms with Crippen molar-refractivity contribution in [3.8, 4) is 0 Å². The Labute approximate surface area is 126 Å². The smallest absolute Gasteiger partial charge is 0.280 e. The van der Waals surface area contributed by atoms with E-state index in [1.165, 1.54) is 0 Å². The van der Waals surface area contributed by atoms with E-state index in [-0.39, 0.29) is 5.91 Å². The molecule has 5 nitrogen and oxygen atoms in total. The molecule has 106 valence electrons. The van der Waals surface area contributed by atoms with Crippen LogP contribution in [0.4, 0.5) is 5.69 Å². The molecule has 2 aliphatic rings. The van der Waals surface area contributed by atoms with Gasteiger partial charge in [0.15, 0.2) is 5.72 Å². The van der Waals surface area contributed by atoms with Gasteiger partial charge in [0.05, 0.1) is 0 Å². The van der Waals surface area contributed by atoms with Crippen molar-refractivity contribution < 1.29 is 9.53 Å². The van der Waals surface area contributed by atoms with E-state index in [4.69, 9.17) is 4.74 Å². The predicted octanol–water partition coefficient (Wildman–Crippen LogP) is 3.69. The highest BCUT2D eigenvalue weighted by atomic mass is 79.9. The van der Waals surface area contributed by atoms with Crippen LogP contribution < -0.4 is 4.90 Å². The molecule has 2 heterocycles. The third-order valence-electron chi connectivity index (χ3n) is 3.76. The van der Waals surface area contributed by atoms with Crippen molar-refractivity contribution in [2.75, 3.05) is 4.90 Å². The van der Waals surface area contributed by atoms with Gasteiger partial charge in [0.2, 0.25) is 5.91 Å². The van der Waals surface area contributed by atoms with Gasteiger partial charge in [-0.3, -0.25) is 9.69 Å². The number of nitrogens with zero attached hydrogens (tertiary/aromatic N) is 3. The van der Waals surface area contributed by atoms with Gasteiger partial charge in [-0.1, -0.05) is 15.9 Å². The van der Waals surface area contributed by atoms with Gasteiger partial charge < -0.3 is 4.74 Å². The zero-order chi connectivity index (χ0) is 14.8. The van der Waals surface area contributed by atoms with Gasteiger partial charge >= 0.3 is 0 Å². The third kappa shape index (κ3) is 1.61. The van der Waals surface area contributed by atoms with E-state index in [0.29, 0.717) is 0 Å². The summed E-state index contributed by atoms with van der Waals surface area (Å²) in [7, 11) is 0. The van der Waals surface area contributed by atoms with Gasteiger partial charge in [0, 0.05) is 10.2 Å². The molecule has 6 heteroatoms. The monoisotopic (exact) mass is 337 g/mol. The van der Waals surface area contributed by atoms with Crippen LogP contribution in [0.5, 0.6) is 0 Å². The van der Waals surface area contributed by atoms with Crippen LogP contribution in [0.3, 0.4) is 0 Å². The summed E-state index contributed by atoms with van der Waals surface area (Å²) in [5.41, 5.74) is -0.683. The van der Waals surface area contributed by atoms with Crippen LogP contribution in [-0.4, -0.2) is 17.5 Å². The van der Waals surface area contributed by atoms with E-state index in [0.717, 1.165) is 10.2 Å². The summed E-state index contributed by atoms with van der Waals surface area (Å²) in [5.74, 6) is -1.06. The Bertz CT molecular complexity index is 609. The number of amides is 1. The Morgan fingerprint density at radius 2 is 1.70 bits per heavy atom. The summed E-state index contributed by atoms with van der Waals surface area (Å²) in [6, 6.07) is 7.50. The Kier molecular flexibility index (Phi) is 2.66. The minimum Gasteiger partial charge on any atom is -0.305 e. The number of carbonyl (C=O) groups excluding carboxylic acids is 1. The summed E-state index contributed by atoms with van der Waals surface area (Å²) in [6.45, 7) is 7.35. The number of carbonyl (C=O) groups is 1. The fraction of sp³-hybridized carbons (Fsp3) is 0.500. The lowest BCUT2D eigenvalue weighted by Gasteiger charge is -2.56. The Balaban J connectivity index is 2.05. The molecule has 0 aromatic heterocycles. The number of azo groups is 1. The molecule has 1 aromatic carbocycles. The molecule has 0 saturated carbocycles. The van der Waals surface area contributed by atoms with Gasteiger partial charge in [-0.2, -0.15) is 5.11 Å². The summed E-state index contributed by atoms with van der Waals surface area (Å²) in [6.07, 6.45) is 0. The summed E-state index contributed by atoms with van der Waals surface area (Å²) in [5, 5.41) is 8.47. The molecule has 1 spiro atoms. The van der Waals surface area contributed by atoms with Crippen LogP contribution in [-0.2, 0) is 9.53 Å². The molecule has 0 radical (unpaired) electrons. The number of β-lactam (4-membered cyclic amide) rings is 1. The highest BCUT2D eigenvalue weighted by molar-refractivity contribution is 9.10. The van der Waals surface area contributed by atoms with Gasteiger partial charge in [-0.15, -0.1) is 5.11 Å².